The van der Waals surface area contributed by atoms with Gasteiger partial charge in [-0.25, -0.2) is 0 Å². The van der Waals surface area contributed by atoms with Gasteiger partial charge in [-0.2, -0.15) is 0 Å². The van der Waals surface area contributed by atoms with Crippen molar-refractivity contribution in [3.63, 3.8) is 0 Å². The van der Waals surface area contributed by atoms with Crippen molar-refractivity contribution in [2.45, 2.75) is 58.5 Å². The van der Waals surface area contributed by atoms with Gasteiger partial charge in [0.15, 0.2) is 0 Å². The summed E-state index contributed by atoms with van der Waals surface area (Å²) in [5, 5.41) is 9.87. The number of likely N-dealkylation sites (tertiary alicyclic amines) is 1. The number of aliphatic hydroxyl groups is 1. The highest BCUT2D eigenvalue weighted by Crippen LogP contribution is 2.31. The lowest BCUT2D eigenvalue weighted by molar-refractivity contribution is 0.102. The normalized spacial score (nSPS) is 36.2. The molecule has 1 aliphatic heterocycles. The predicted molar refractivity (Wildman–Crippen MR) is 67.4 cm³/mol. The fraction of sp³-hybridized carbons (Fsp3) is 1.00. The molecule has 1 N–H and O–H groups in total. The summed E-state index contributed by atoms with van der Waals surface area (Å²) in [4.78, 5) is 2.59. The lowest BCUT2D eigenvalue weighted by atomic mass is 9.85. The molecule has 1 heterocycles. The van der Waals surface area contributed by atoms with E-state index in [2.05, 4.69) is 18.7 Å². The van der Waals surface area contributed by atoms with Crippen LogP contribution in [-0.4, -0.2) is 35.7 Å². The van der Waals surface area contributed by atoms with Gasteiger partial charge >= 0.3 is 0 Å². The quantitative estimate of drug-likeness (QED) is 0.781. The van der Waals surface area contributed by atoms with E-state index in [0.29, 0.717) is 11.3 Å². The van der Waals surface area contributed by atoms with E-state index in [1.165, 1.54) is 45.2 Å². The Morgan fingerprint density at radius 3 is 2.62 bits per heavy atom. The van der Waals surface area contributed by atoms with E-state index >= 15 is 0 Å². The second-order valence-electron chi connectivity index (χ2n) is 6.58. The molecule has 0 aromatic heterocycles. The van der Waals surface area contributed by atoms with Gasteiger partial charge in [-0.15, -0.1) is 0 Å². The van der Waals surface area contributed by atoms with Gasteiger partial charge in [-0.1, -0.05) is 20.3 Å². The fourth-order valence-electron chi connectivity index (χ4n) is 3.22. The van der Waals surface area contributed by atoms with Crippen molar-refractivity contribution >= 4 is 0 Å². The molecule has 2 heteroatoms. The zero-order chi connectivity index (χ0) is 11.6. The molecular weight excluding hydrogens is 198 g/mol. The Morgan fingerprint density at radius 2 is 1.94 bits per heavy atom. The molecule has 2 fully saturated rings. The Bertz CT molecular complexity index is 227. The standard InChI is InChI=1S/C14H27NO/c1-14(2)7-4-9-15(10-8-14)11-12-5-3-6-13(12)16/h12-13,16H,3-11H2,1-2H3. The third-order valence-electron chi connectivity index (χ3n) is 4.54. The third kappa shape index (κ3) is 3.21. The van der Waals surface area contributed by atoms with Crippen LogP contribution in [0.15, 0.2) is 0 Å². The van der Waals surface area contributed by atoms with Crippen LogP contribution >= 0.6 is 0 Å². The summed E-state index contributed by atoms with van der Waals surface area (Å²) in [6.07, 6.45) is 7.48. The largest absolute Gasteiger partial charge is 0.393 e. The summed E-state index contributed by atoms with van der Waals surface area (Å²) in [5.41, 5.74) is 0.531. The lowest BCUT2D eigenvalue weighted by Crippen LogP contribution is -2.33. The first-order valence-electron chi connectivity index (χ1n) is 6.97. The Morgan fingerprint density at radius 1 is 1.12 bits per heavy atom. The van der Waals surface area contributed by atoms with Crippen LogP contribution < -0.4 is 0 Å². The Hall–Kier alpha value is -0.0800. The second kappa shape index (κ2) is 5.05. The molecule has 1 aliphatic carbocycles. The monoisotopic (exact) mass is 225 g/mol. The van der Waals surface area contributed by atoms with Crippen LogP contribution in [-0.2, 0) is 0 Å². The minimum absolute atomic E-state index is 0.0173. The molecular formula is C14H27NO. The highest BCUT2D eigenvalue weighted by molar-refractivity contribution is 4.82. The summed E-state index contributed by atoms with van der Waals surface area (Å²) in [6, 6.07) is 0. The summed E-state index contributed by atoms with van der Waals surface area (Å²) in [5.74, 6) is 0.557. The first-order chi connectivity index (χ1) is 7.57. The van der Waals surface area contributed by atoms with Crippen molar-refractivity contribution in [1.29, 1.82) is 0 Å². The van der Waals surface area contributed by atoms with Crippen LogP contribution in [0.25, 0.3) is 0 Å². The molecule has 0 spiro atoms. The van der Waals surface area contributed by atoms with Gasteiger partial charge < -0.3 is 10.0 Å². The third-order valence-corrected chi connectivity index (χ3v) is 4.54. The van der Waals surface area contributed by atoms with E-state index in [-0.39, 0.29) is 6.10 Å². The van der Waals surface area contributed by atoms with Crippen LogP contribution in [0.3, 0.4) is 0 Å². The topological polar surface area (TPSA) is 23.5 Å². The van der Waals surface area contributed by atoms with Crippen molar-refractivity contribution in [3.8, 4) is 0 Å². The maximum absolute atomic E-state index is 9.87. The summed E-state index contributed by atoms with van der Waals surface area (Å²) < 4.78 is 0. The molecule has 0 amide bonds. The van der Waals surface area contributed by atoms with E-state index in [0.717, 1.165) is 13.0 Å². The van der Waals surface area contributed by atoms with E-state index in [1.807, 2.05) is 0 Å². The van der Waals surface area contributed by atoms with Gasteiger partial charge in [0.2, 0.25) is 0 Å². The van der Waals surface area contributed by atoms with E-state index < -0.39 is 0 Å². The predicted octanol–water partition coefficient (Wildman–Crippen LogP) is 2.66. The van der Waals surface area contributed by atoms with Crippen LogP contribution in [0.5, 0.6) is 0 Å². The van der Waals surface area contributed by atoms with Crippen LogP contribution in [0.2, 0.25) is 0 Å². The van der Waals surface area contributed by atoms with Crippen molar-refractivity contribution in [2.24, 2.45) is 11.3 Å². The first-order valence-corrected chi connectivity index (χ1v) is 6.97. The van der Waals surface area contributed by atoms with Crippen molar-refractivity contribution in [3.05, 3.63) is 0 Å². The smallest absolute Gasteiger partial charge is 0.0580 e. The molecule has 94 valence electrons. The SMILES string of the molecule is CC1(C)CCCN(CC2CCCC2O)CC1. The van der Waals surface area contributed by atoms with Gasteiger partial charge in [0.05, 0.1) is 6.10 Å². The lowest BCUT2D eigenvalue weighted by Gasteiger charge is -2.26. The maximum atomic E-state index is 9.87. The highest BCUT2D eigenvalue weighted by Gasteiger charge is 2.29. The average molecular weight is 225 g/mol. The second-order valence-corrected chi connectivity index (χ2v) is 6.58. The minimum Gasteiger partial charge on any atom is -0.393 e. The molecule has 2 nitrogen and oxygen atoms in total. The van der Waals surface area contributed by atoms with E-state index in [9.17, 15) is 5.11 Å². The summed E-state index contributed by atoms with van der Waals surface area (Å²) in [7, 11) is 0. The summed E-state index contributed by atoms with van der Waals surface area (Å²) in [6.45, 7) is 8.39. The van der Waals surface area contributed by atoms with Gasteiger partial charge in [0.1, 0.15) is 0 Å². The van der Waals surface area contributed by atoms with E-state index in [1.54, 1.807) is 0 Å². The first kappa shape index (κ1) is 12.4. The van der Waals surface area contributed by atoms with Gasteiger partial charge in [0, 0.05) is 6.54 Å². The number of nitrogens with zero attached hydrogens (tertiary/aromatic N) is 1. The Labute approximate surface area is 100 Å². The minimum atomic E-state index is -0.0173. The van der Waals surface area contributed by atoms with Crippen LogP contribution in [0, 0.1) is 11.3 Å². The molecule has 2 atom stereocenters. The number of rotatable bonds is 2. The van der Waals surface area contributed by atoms with Gasteiger partial charge in [-0.3, -0.25) is 0 Å². The van der Waals surface area contributed by atoms with Crippen molar-refractivity contribution in [2.75, 3.05) is 19.6 Å². The Kier molecular flexibility index (Phi) is 3.91. The zero-order valence-electron chi connectivity index (χ0n) is 10.9. The van der Waals surface area contributed by atoms with E-state index in [4.69, 9.17) is 0 Å². The number of hydrogen-bond donors (Lipinski definition) is 1. The van der Waals surface area contributed by atoms with Crippen LogP contribution in [0.1, 0.15) is 52.4 Å². The molecule has 0 radical (unpaired) electrons. The molecule has 16 heavy (non-hydrogen) atoms. The van der Waals surface area contributed by atoms with Gasteiger partial charge in [0.25, 0.3) is 0 Å². The molecule has 1 saturated heterocycles. The Balaban J connectivity index is 1.81. The molecule has 2 aliphatic rings. The molecule has 0 aromatic rings. The molecule has 2 unspecified atom stereocenters. The average Bonchev–Trinajstić information content (AvgIpc) is 2.52. The molecule has 1 saturated carbocycles. The van der Waals surface area contributed by atoms with Crippen molar-refractivity contribution in [1.82, 2.24) is 4.90 Å². The molecule has 0 aromatic carbocycles. The number of hydrogen-bond acceptors (Lipinski definition) is 2. The number of aliphatic hydroxyl groups excluding tert-OH is 1. The van der Waals surface area contributed by atoms with Crippen LogP contribution in [0.4, 0.5) is 0 Å². The maximum Gasteiger partial charge on any atom is 0.0580 e. The fourth-order valence-corrected chi connectivity index (χ4v) is 3.22. The van der Waals surface area contributed by atoms with Gasteiger partial charge in [-0.05, 0) is 56.5 Å². The molecule has 0 bridgehead atoms. The molecule has 2 rings (SSSR count). The van der Waals surface area contributed by atoms with Crippen molar-refractivity contribution < 1.29 is 5.11 Å². The zero-order valence-corrected chi connectivity index (χ0v) is 10.9. The highest BCUT2D eigenvalue weighted by atomic mass is 16.3. The summed E-state index contributed by atoms with van der Waals surface area (Å²) >= 11 is 0.